The molecule has 2 aromatic carbocycles. The number of amides is 1. The lowest BCUT2D eigenvalue weighted by atomic mass is 10.2. The van der Waals surface area contributed by atoms with Gasteiger partial charge in [0.15, 0.2) is 11.5 Å². The van der Waals surface area contributed by atoms with E-state index in [1.165, 1.54) is 44.7 Å². The molecule has 9 nitrogen and oxygen atoms in total. The van der Waals surface area contributed by atoms with Crippen LogP contribution >= 0.6 is 0 Å². The Morgan fingerprint density at radius 3 is 2.50 bits per heavy atom. The molecule has 1 atom stereocenters. The van der Waals surface area contributed by atoms with E-state index in [1.807, 2.05) is 13.8 Å². The van der Waals surface area contributed by atoms with Crippen molar-refractivity contribution in [3.8, 4) is 23.1 Å². The van der Waals surface area contributed by atoms with Crippen LogP contribution in [0.3, 0.4) is 0 Å². The van der Waals surface area contributed by atoms with Gasteiger partial charge >= 0.3 is 0 Å². The minimum absolute atomic E-state index is 0.00475. The summed E-state index contributed by atoms with van der Waals surface area (Å²) in [4.78, 5) is 16.8. The number of ether oxygens (including phenoxy) is 3. The van der Waals surface area contributed by atoms with Crippen LogP contribution in [0.5, 0.6) is 23.1 Å². The van der Waals surface area contributed by atoms with Gasteiger partial charge in [0, 0.05) is 24.4 Å². The molecule has 10 heteroatoms. The summed E-state index contributed by atoms with van der Waals surface area (Å²) in [6, 6.07) is 13.9. The van der Waals surface area contributed by atoms with Gasteiger partial charge in [0.25, 0.3) is 15.9 Å². The molecule has 0 fully saturated rings. The fraction of sp³-hybridized carbons (Fsp3) is 0.250. The Morgan fingerprint density at radius 2 is 1.79 bits per heavy atom. The van der Waals surface area contributed by atoms with Crippen molar-refractivity contribution in [3.63, 3.8) is 0 Å². The number of aromatic nitrogens is 1. The lowest BCUT2D eigenvalue weighted by Crippen LogP contribution is -2.32. The zero-order valence-corrected chi connectivity index (χ0v) is 20.2. The molecule has 3 aromatic rings. The SMILES string of the molecule is CC[C@@H](C)NC(=O)c1cccnc1Oc1cccc(NS(=O)(=O)c2ccc(OC)c(OC)c2)c1. The number of carbonyl (C=O) groups is 1. The number of pyridine rings is 1. The summed E-state index contributed by atoms with van der Waals surface area (Å²) in [6.45, 7) is 3.88. The standard InChI is InChI=1S/C24H27N3O6S/c1-5-16(2)26-23(28)20-10-7-13-25-24(20)33-18-9-6-8-17(14-18)27-34(29,30)19-11-12-21(31-3)22(15-19)32-4/h6-16,27H,5H2,1-4H3,(H,26,28)/t16-/m1/s1. The fourth-order valence-corrected chi connectivity index (χ4v) is 4.05. The third-order valence-electron chi connectivity index (χ3n) is 4.97. The molecular formula is C24H27N3O6S. The van der Waals surface area contributed by atoms with Gasteiger partial charge in [0.1, 0.15) is 11.3 Å². The highest BCUT2D eigenvalue weighted by atomic mass is 32.2. The van der Waals surface area contributed by atoms with Gasteiger partial charge in [-0.15, -0.1) is 0 Å². The molecule has 0 unspecified atom stereocenters. The van der Waals surface area contributed by atoms with Crippen molar-refractivity contribution < 1.29 is 27.4 Å². The maximum atomic E-state index is 12.9. The maximum Gasteiger partial charge on any atom is 0.262 e. The minimum Gasteiger partial charge on any atom is -0.493 e. The van der Waals surface area contributed by atoms with Crippen LogP contribution in [0.1, 0.15) is 30.6 Å². The number of hydrogen-bond acceptors (Lipinski definition) is 7. The Balaban J connectivity index is 1.82. The van der Waals surface area contributed by atoms with Crippen molar-refractivity contribution in [3.05, 3.63) is 66.4 Å². The molecule has 0 aliphatic carbocycles. The molecule has 1 heterocycles. The third kappa shape index (κ3) is 5.96. The quantitative estimate of drug-likeness (QED) is 0.442. The number of methoxy groups -OCH3 is 2. The summed E-state index contributed by atoms with van der Waals surface area (Å²) in [5, 5.41) is 2.88. The molecule has 0 spiro atoms. The van der Waals surface area contributed by atoms with Crippen LogP contribution in [0.2, 0.25) is 0 Å². The molecule has 1 amide bonds. The number of nitrogens with zero attached hydrogens (tertiary/aromatic N) is 1. The van der Waals surface area contributed by atoms with Gasteiger partial charge in [-0.2, -0.15) is 0 Å². The summed E-state index contributed by atoms with van der Waals surface area (Å²) < 4.78 is 44.5. The van der Waals surface area contributed by atoms with Crippen molar-refractivity contribution in [1.82, 2.24) is 10.3 Å². The van der Waals surface area contributed by atoms with Gasteiger partial charge in [-0.1, -0.05) is 13.0 Å². The average Bonchev–Trinajstić information content (AvgIpc) is 2.83. The van der Waals surface area contributed by atoms with E-state index in [0.29, 0.717) is 17.2 Å². The molecular weight excluding hydrogens is 458 g/mol. The monoisotopic (exact) mass is 485 g/mol. The first-order valence-electron chi connectivity index (χ1n) is 10.6. The average molecular weight is 486 g/mol. The molecule has 0 bridgehead atoms. The van der Waals surface area contributed by atoms with E-state index in [0.717, 1.165) is 6.42 Å². The summed E-state index contributed by atoms with van der Waals surface area (Å²) in [5.74, 6) is 0.830. The van der Waals surface area contributed by atoms with Crippen LogP contribution < -0.4 is 24.2 Å². The van der Waals surface area contributed by atoms with Crippen LogP contribution in [0.15, 0.2) is 65.7 Å². The maximum absolute atomic E-state index is 12.9. The minimum atomic E-state index is -3.92. The van der Waals surface area contributed by atoms with Gasteiger partial charge < -0.3 is 19.5 Å². The second kappa shape index (κ2) is 10.9. The van der Waals surface area contributed by atoms with Gasteiger partial charge in [-0.3, -0.25) is 9.52 Å². The number of benzene rings is 2. The molecule has 180 valence electrons. The summed E-state index contributed by atoms with van der Waals surface area (Å²) in [7, 11) is -1.02. The van der Waals surface area contributed by atoms with Crippen molar-refractivity contribution in [2.24, 2.45) is 0 Å². The van der Waals surface area contributed by atoms with E-state index in [-0.39, 0.29) is 34.0 Å². The van der Waals surface area contributed by atoms with Gasteiger partial charge in [0.2, 0.25) is 5.88 Å². The Labute approximate surface area is 199 Å². The van der Waals surface area contributed by atoms with Crippen LogP contribution in [0.25, 0.3) is 0 Å². The van der Waals surface area contributed by atoms with E-state index in [1.54, 1.807) is 30.3 Å². The molecule has 34 heavy (non-hydrogen) atoms. The normalized spacial score (nSPS) is 11.9. The molecule has 2 N–H and O–H groups in total. The summed E-state index contributed by atoms with van der Waals surface area (Å²) in [6.07, 6.45) is 2.30. The van der Waals surface area contributed by atoms with E-state index >= 15 is 0 Å². The summed E-state index contributed by atoms with van der Waals surface area (Å²) in [5.41, 5.74) is 0.549. The Kier molecular flexibility index (Phi) is 7.95. The first-order valence-corrected chi connectivity index (χ1v) is 12.0. The van der Waals surface area contributed by atoms with E-state index in [9.17, 15) is 13.2 Å². The fourth-order valence-electron chi connectivity index (χ4n) is 2.98. The van der Waals surface area contributed by atoms with Gasteiger partial charge in [-0.05, 0) is 49.7 Å². The largest absolute Gasteiger partial charge is 0.493 e. The van der Waals surface area contributed by atoms with E-state index < -0.39 is 10.0 Å². The molecule has 0 aliphatic rings. The Bertz CT molecular complexity index is 1260. The van der Waals surface area contributed by atoms with Crippen molar-refractivity contribution in [2.75, 3.05) is 18.9 Å². The highest BCUT2D eigenvalue weighted by Gasteiger charge is 2.19. The lowest BCUT2D eigenvalue weighted by Gasteiger charge is -2.14. The van der Waals surface area contributed by atoms with Crippen LogP contribution in [0, 0.1) is 0 Å². The second-order valence-corrected chi connectivity index (χ2v) is 9.07. The van der Waals surface area contributed by atoms with Crippen LogP contribution in [0.4, 0.5) is 5.69 Å². The summed E-state index contributed by atoms with van der Waals surface area (Å²) >= 11 is 0. The van der Waals surface area contributed by atoms with Gasteiger partial charge in [0.05, 0.1) is 24.8 Å². The number of anilines is 1. The highest BCUT2D eigenvalue weighted by Crippen LogP contribution is 2.31. The molecule has 1 aromatic heterocycles. The van der Waals surface area contributed by atoms with E-state index in [2.05, 4.69) is 15.0 Å². The first kappa shape index (κ1) is 24.8. The Morgan fingerprint density at radius 1 is 1.03 bits per heavy atom. The Hall–Kier alpha value is -3.79. The number of carbonyl (C=O) groups excluding carboxylic acids is 1. The molecule has 3 rings (SSSR count). The topological polar surface area (TPSA) is 116 Å². The van der Waals surface area contributed by atoms with E-state index in [4.69, 9.17) is 14.2 Å². The molecule has 0 aliphatic heterocycles. The highest BCUT2D eigenvalue weighted by molar-refractivity contribution is 7.92. The zero-order valence-electron chi connectivity index (χ0n) is 19.4. The number of sulfonamides is 1. The predicted molar refractivity (Wildman–Crippen MR) is 128 cm³/mol. The zero-order chi connectivity index (χ0) is 24.7. The second-order valence-electron chi connectivity index (χ2n) is 7.39. The smallest absolute Gasteiger partial charge is 0.262 e. The van der Waals surface area contributed by atoms with Crippen molar-refractivity contribution in [2.45, 2.75) is 31.2 Å². The number of nitrogens with one attached hydrogen (secondary N) is 2. The van der Waals surface area contributed by atoms with Gasteiger partial charge in [-0.25, -0.2) is 13.4 Å². The van der Waals surface area contributed by atoms with Crippen molar-refractivity contribution in [1.29, 1.82) is 0 Å². The lowest BCUT2D eigenvalue weighted by molar-refractivity contribution is 0.0936. The molecule has 0 saturated heterocycles. The number of rotatable bonds is 10. The first-order chi connectivity index (χ1) is 16.3. The predicted octanol–water partition coefficient (Wildman–Crippen LogP) is 4.22. The van der Waals surface area contributed by atoms with Crippen molar-refractivity contribution >= 4 is 21.6 Å². The third-order valence-corrected chi connectivity index (χ3v) is 6.35. The molecule has 0 saturated carbocycles. The van der Waals surface area contributed by atoms with Crippen LogP contribution in [-0.4, -0.2) is 39.6 Å². The molecule has 0 radical (unpaired) electrons. The van der Waals surface area contributed by atoms with Crippen LogP contribution in [-0.2, 0) is 10.0 Å². The number of hydrogen-bond donors (Lipinski definition) is 2.